The van der Waals surface area contributed by atoms with Gasteiger partial charge in [0.25, 0.3) is 0 Å². The second kappa shape index (κ2) is 5.93. The Kier molecular flexibility index (Phi) is 4.48. The second-order valence-electron chi connectivity index (χ2n) is 6.12. The summed E-state index contributed by atoms with van der Waals surface area (Å²) >= 11 is 0. The summed E-state index contributed by atoms with van der Waals surface area (Å²) in [7, 11) is 0. The third-order valence-electron chi connectivity index (χ3n) is 3.54. The van der Waals surface area contributed by atoms with Crippen LogP contribution < -0.4 is 10.1 Å². The van der Waals surface area contributed by atoms with E-state index in [0.717, 1.165) is 18.6 Å². The van der Waals surface area contributed by atoms with Gasteiger partial charge in [-0.05, 0) is 50.3 Å². The molecule has 0 amide bonds. The maximum Gasteiger partial charge on any atom is 0.141 e. The van der Waals surface area contributed by atoms with Crippen molar-refractivity contribution in [2.24, 2.45) is 0 Å². The lowest BCUT2D eigenvalue weighted by Crippen LogP contribution is -2.34. The maximum absolute atomic E-state index is 5.86. The Labute approximate surface area is 116 Å². The maximum atomic E-state index is 5.86. The minimum absolute atomic E-state index is 0.00474. The van der Waals surface area contributed by atoms with Gasteiger partial charge in [-0.15, -0.1) is 0 Å². The molecule has 2 rings (SSSR count). The summed E-state index contributed by atoms with van der Waals surface area (Å²) < 4.78 is 11.6. The fourth-order valence-corrected chi connectivity index (χ4v) is 2.31. The number of nitrogens with one attached hydrogen (secondary N) is 1. The quantitative estimate of drug-likeness (QED) is 0.823. The number of ether oxygens (including phenoxy) is 2. The van der Waals surface area contributed by atoms with Gasteiger partial charge in [0.05, 0.1) is 5.60 Å². The van der Waals surface area contributed by atoms with Crippen LogP contribution in [0.4, 0.5) is 0 Å². The van der Waals surface area contributed by atoms with Gasteiger partial charge in [-0.25, -0.2) is 0 Å². The van der Waals surface area contributed by atoms with Crippen molar-refractivity contribution in [3.05, 3.63) is 29.8 Å². The van der Waals surface area contributed by atoms with Crippen LogP contribution in [0.25, 0.3) is 0 Å². The van der Waals surface area contributed by atoms with Gasteiger partial charge >= 0.3 is 0 Å². The monoisotopic (exact) mass is 263 g/mol. The van der Waals surface area contributed by atoms with Gasteiger partial charge < -0.3 is 9.47 Å². The van der Waals surface area contributed by atoms with Gasteiger partial charge in [0.15, 0.2) is 0 Å². The Balaban J connectivity index is 1.78. The third kappa shape index (κ3) is 4.22. The molecule has 0 radical (unpaired) electrons. The summed E-state index contributed by atoms with van der Waals surface area (Å²) in [6.45, 7) is 9.11. The van der Waals surface area contributed by atoms with Gasteiger partial charge in [-0.3, -0.25) is 5.32 Å². The predicted molar refractivity (Wildman–Crippen MR) is 77.3 cm³/mol. The van der Waals surface area contributed by atoms with E-state index in [9.17, 15) is 0 Å². The number of hydrogen-bond donors (Lipinski definition) is 1. The molecule has 0 bridgehead atoms. The van der Waals surface area contributed by atoms with Crippen LogP contribution in [0.2, 0.25) is 0 Å². The molecular weight excluding hydrogens is 238 g/mol. The van der Waals surface area contributed by atoms with E-state index in [-0.39, 0.29) is 11.8 Å². The Bertz CT molecular complexity index is 415. The fraction of sp³-hybridized carbons (Fsp3) is 0.625. The van der Waals surface area contributed by atoms with Gasteiger partial charge in [0.1, 0.15) is 18.7 Å². The van der Waals surface area contributed by atoms with Crippen molar-refractivity contribution in [2.45, 2.75) is 58.3 Å². The molecule has 0 spiro atoms. The first-order valence-corrected chi connectivity index (χ1v) is 7.10. The predicted octanol–water partition coefficient (Wildman–Crippen LogP) is 3.65. The molecule has 1 heterocycles. The number of hydrogen-bond acceptors (Lipinski definition) is 3. The molecule has 1 N–H and O–H groups in total. The Hall–Kier alpha value is -1.06. The fourth-order valence-electron chi connectivity index (χ4n) is 2.31. The molecule has 0 aromatic heterocycles. The first kappa shape index (κ1) is 14.4. The normalized spacial score (nSPS) is 21.8. The molecule has 0 saturated carbocycles. The highest BCUT2D eigenvalue weighted by Crippen LogP contribution is 2.27. The van der Waals surface area contributed by atoms with Gasteiger partial charge in [-0.1, -0.05) is 26.0 Å². The van der Waals surface area contributed by atoms with E-state index in [1.54, 1.807) is 0 Å². The SMILES string of the molecule is CC(C)c1cccc(OCNC2CCC(C)(C)O2)c1. The van der Waals surface area contributed by atoms with Crippen LogP contribution in [0.1, 0.15) is 52.0 Å². The van der Waals surface area contributed by atoms with Crippen molar-refractivity contribution >= 4 is 0 Å². The van der Waals surface area contributed by atoms with Crippen LogP contribution >= 0.6 is 0 Å². The zero-order valence-corrected chi connectivity index (χ0v) is 12.4. The van der Waals surface area contributed by atoms with Gasteiger partial charge in [-0.2, -0.15) is 0 Å². The van der Waals surface area contributed by atoms with E-state index in [1.165, 1.54) is 5.56 Å². The van der Waals surface area contributed by atoms with Crippen molar-refractivity contribution in [2.75, 3.05) is 6.73 Å². The highest BCUT2D eigenvalue weighted by molar-refractivity contribution is 5.30. The largest absolute Gasteiger partial charge is 0.478 e. The molecule has 1 aromatic rings. The molecule has 19 heavy (non-hydrogen) atoms. The smallest absolute Gasteiger partial charge is 0.141 e. The standard InChI is InChI=1S/C16H25NO2/c1-12(2)13-6-5-7-14(10-13)18-11-17-15-8-9-16(3,4)19-15/h5-7,10,12,15,17H,8-9,11H2,1-4H3. The van der Waals surface area contributed by atoms with E-state index < -0.39 is 0 Å². The second-order valence-corrected chi connectivity index (χ2v) is 6.12. The molecule has 1 aromatic carbocycles. The molecule has 0 aliphatic carbocycles. The summed E-state index contributed by atoms with van der Waals surface area (Å²) in [6.07, 6.45) is 2.25. The average molecular weight is 263 g/mol. The van der Waals surface area contributed by atoms with E-state index in [4.69, 9.17) is 9.47 Å². The summed E-state index contributed by atoms with van der Waals surface area (Å²) in [4.78, 5) is 0. The van der Waals surface area contributed by atoms with Crippen LogP contribution in [0.5, 0.6) is 5.75 Å². The minimum Gasteiger partial charge on any atom is -0.478 e. The van der Waals surface area contributed by atoms with Crippen molar-refractivity contribution < 1.29 is 9.47 Å². The molecule has 106 valence electrons. The molecule has 3 heteroatoms. The van der Waals surface area contributed by atoms with Crippen LogP contribution in [0.15, 0.2) is 24.3 Å². The molecule has 1 unspecified atom stereocenters. The van der Waals surface area contributed by atoms with E-state index in [2.05, 4.69) is 45.1 Å². The van der Waals surface area contributed by atoms with Crippen LogP contribution in [-0.2, 0) is 4.74 Å². The molecular formula is C16H25NO2. The van der Waals surface area contributed by atoms with Crippen molar-refractivity contribution in [1.29, 1.82) is 0 Å². The molecule has 1 fully saturated rings. The topological polar surface area (TPSA) is 30.5 Å². The number of benzene rings is 1. The highest BCUT2D eigenvalue weighted by Gasteiger charge is 2.31. The van der Waals surface area contributed by atoms with Crippen molar-refractivity contribution in [3.63, 3.8) is 0 Å². The minimum atomic E-state index is -0.00474. The first-order chi connectivity index (χ1) is 8.96. The summed E-state index contributed by atoms with van der Waals surface area (Å²) in [5.41, 5.74) is 1.30. The molecule has 1 saturated heterocycles. The Morgan fingerprint density at radius 3 is 2.84 bits per heavy atom. The van der Waals surface area contributed by atoms with Gasteiger partial charge in [0.2, 0.25) is 0 Å². The Morgan fingerprint density at radius 2 is 2.21 bits per heavy atom. The first-order valence-electron chi connectivity index (χ1n) is 7.10. The summed E-state index contributed by atoms with van der Waals surface area (Å²) in [5.74, 6) is 1.44. The van der Waals surface area contributed by atoms with E-state index in [0.29, 0.717) is 12.6 Å². The van der Waals surface area contributed by atoms with Crippen LogP contribution in [0.3, 0.4) is 0 Å². The van der Waals surface area contributed by atoms with Crippen molar-refractivity contribution in [1.82, 2.24) is 5.32 Å². The molecule has 1 aliphatic rings. The van der Waals surface area contributed by atoms with E-state index in [1.807, 2.05) is 12.1 Å². The van der Waals surface area contributed by atoms with Crippen LogP contribution in [-0.4, -0.2) is 18.6 Å². The lowest BCUT2D eigenvalue weighted by Gasteiger charge is -2.20. The molecule has 1 aliphatic heterocycles. The summed E-state index contributed by atoms with van der Waals surface area (Å²) in [6, 6.07) is 8.27. The number of rotatable bonds is 5. The zero-order chi connectivity index (χ0) is 13.9. The Morgan fingerprint density at radius 1 is 1.42 bits per heavy atom. The summed E-state index contributed by atoms with van der Waals surface area (Å²) in [5, 5.41) is 3.29. The third-order valence-corrected chi connectivity index (χ3v) is 3.54. The van der Waals surface area contributed by atoms with Crippen molar-refractivity contribution in [3.8, 4) is 5.75 Å². The van der Waals surface area contributed by atoms with Gasteiger partial charge in [0, 0.05) is 0 Å². The highest BCUT2D eigenvalue weighted by atomic mass is 16.5. The molecule has 1 atom stereocenters. The van der Waals surface area contributed by atoms with Crippen LogP contribution in [0, 0.1) is 0 Å². The molecule has 3 nitrogen and oxygen atoms in total. The lowest BCUT2D eigenvalue weighted by molar-refractivity contribution is -0.0367. The lowest BCUT2D eigenvalue weighted by atomic mass is 10.0. The van der Waals surface area contributed by atoms with E-state index >= 15 is 0 Å². The zero-order valence-electron chi connectivity index (χ0n) is 12.4. The average Bonchev–Trinajstić information content (AvgIpc) is 2.69.